The molecule has 3 aromatic rings. The van der Waals surface area contributed by atoms with Crippen LogP contribution in [0.15, 0.2) is 40.7 Å². The summed E-state index contributed by atoms with van der Waals surface area (Å²) < 4.78 is 1.77. The van der Waals surface area contributed by atoms with Gasteiger partial charge in [0, 0.05) is 31.4 Å². The first-order valence-electron chi connectivity index (χ1n) is 11.3. The van der Waals surface area contributed by atoms with Crippen LogP contribution >= 0.6 is 46.3 Å². The zero-order valence-corrected chi connectivity index (χ0v) is 22.4. The molecule has 4 rings (SSSR count). The smallest absolute Gasteiger partial charge is 0.240 e. The van der Waals surface area contributed by atoms with E-state index < -0.39 is 6.04 Å². The molecule has 0 spiro atoms. The Morgan fingerprint density at radius 1 is 1.20 bits per heavy atom. The minimum Gasteiger partial charge on any atom is -0.353 e. The van der Waals surface area contributed by atoms with E-state index in [0.29, 0.717) is 21.5 Å². The number of nitrogens with one attached hydrogen (secondary N) is 2. The van der Waals surface area contributed by atoms with Crippen molar-refractivity contribution in [3.8, 4) is 0 Å². The molecule has 2 amide bonds. The van der Waals surface area contributed by atoms with E-state index in [0.717, 1.165) is 52.6 Å². The molecular formula is C24H27Cl2N5O2S2. The standard InChI is InChI=1S/C24H27Cl2N5O2S2/c1-14(27)23(33)29-17-3-5-20-21(11-17)35-24(30-20)34-13-22(32)28-16-6-8-31(9-7-16)12-15-2-4-18(25)19(26)10-15/h2-5,10-11,14,16H,6-9,12-13,27H2,1H3,(H,28,32)(H,29,33)/t14-/m0/s1. The number of hydrogen-bond donors (Lipinski definition) is 3. The number of likely N-dealkylation sites (tertiary alicyclic amines) is 1. The highest BCUT2D eigenvalue weighted by molar-refractivity contribution is 8.01. The summed E-state index contributed by atoms with van der Waals surface area (Å²) in [5, 5.41) is 7.09. The van der Waals surface area contributed by atoms with Crippen molar-refractivity contribution < 1.29 is 9.59 Å². The maximum atomic E-state index is 12.5. The number of halogens is 2. The number of fused-ring (bicyclic) bond motifs is 1. The van der Waals surface area contributed by atoms with Crippen LogP contribution in [-0.2, 0) is 16.1 Å². The average molecular weight is 553 g/mol. The van der Waals surface area contributed by atoms with Gasteiger partial charge in [-0.3, -0.25) is 14.5 Å². The van der Waals surface area contributed by atoms with Crippen molar-refractivity contribution >= 4 is 74.0 Å². The number of thioether (sulfide) groups is 1. The molecule has 0 radical (unpaired) electrons. The summed E-state index contributed by atoms with van der Waals surface area (Å²) in [7, 11) is 0. The lowest BCUT2D eigenvalue weighted by atomic mass is 10.0. The van der Waals surface area contributed by atoms with E-state index in [1.54, 1.807) is 13.0 Å². The summed E-state index contributed by atoms with van der Waals surface area (Å²) in [4.78, 5) is 31.3. The Hall–Kier alpha value is -1.88. The van der Waals surface area contributed by atoms with Gasteiger partial charge in [-0.1, -0.05) is 41.0 Å². The zero-order chi connectivity index (χ0) is 24.9. The quantitative estimate of drug-likeness (QED) is 0.349. The van der Waals surface area contributed by atoms with Crippen LogP contribution in [0.1, 0.15) is 25.3 Å². The van der Waals surface area contributed by atoms with E-state index in [1.807, 2.05) is 30.3 Å². The number of rotatable bonds is 8. The Kier molecular flexibility index (Phi) is 8.91. The zero-order valence-electron chi connectivity index (χ0n) is 19.2. The fourth-order valence-corrected chi connectivity index (χ4v) is 6.07. The molecule has 186 valence electrons. The molecule has 0 aliphatic carbocycles. The van der Waals surface area contributed by atoms with Gasteiger partial charge in [-0.2, -0.15) is 0 Å². The number of nitrogens with zero attached hydrogens (tertiary/aromatic N) is 2. The summed E-state index contributed by atoms with van der Waals surface area (Å²) in [5.74, 6) is 0.0971. The van der Waals surface area contributed by atoms with Crippen LogP contribution in [0.3, 0.4) is 0 Å². The van der Waals surface area contributed by atoms with Gasteiger partial charge in [0.2, 0.25) is 11.8 Å². The highest BCUT2D eigenvalue weighted by Gasteiger charge is 2.21. The van der Waals surface area contributed by atoms with Crippen molar-refractivity contribution in [1.82, 2.24) is 15.2 Å². The van der Waals surface area contributed by atoms with Crippen molar-refractivity contribution in [3.63, 3.8) is 0 Å². The van der Waals surface area contributed by atoms with Crippen LogP contribution in [0.2, 0.25) is 10.0 Å². The Morgan fingerprint density at radius 2 is 1.97 bits per heavy atom. The molecule has 2 heterocycles. The molecular weight excluding hydrogens is 525 g/mol. The molecule has 0 bridgehead atoms. The van der Waals surface area contributed by atoms with Gasteiger partial charge < -0.3 is 16.4 Å². The molecule has 1 saturated heterocycles. The molecule has 1 fully saturated rings. The summed E-state index contributed by atoms with van der Waals surface area (Å²) in [6.07, 6.45) is 1.82. The minimum atomic E-state index is -0.577. The monoisotopic (exact) mass is 551 g/mol. The minimum absolute atomic E-state index is 0.0158. The van der Waals surface area contributed by atoms with E-state index in [9.17, 15) is 9.59 Å². The van der Waals surface area contributed by atoms with E-state index >= 15 is 0 Å². The molecule has 2 aromatic carbocycles. The van der Waals surface area contributed by atoms with Gasteiger partial charge in [0.05, 0.1) is 32.1 Å². The topological polar surface area (TPSA) is 100 Å². The third kappa shape index (κ3) is 7.31. The Bertz CT molecular complexity index is 1210. The fourth-order valence-electron chi connectivity index (χ4n) is 3.83. The van der Waals surface area contributed by atoms with Gasteiger partial charge in [0.15, 0.2) is 4.34 Å². The molecule has 1 aromatic heterocycles. The van der Waals surface area contributed by atoms with Gasteiger partial charge in [-0.05, 0) is 55.7 Å². The third-order valence-corrected chi connectivity index (χ3v) is 8.62. The number of nitrogens with two attached hydrogens (primary N) is 1. The number of thiazole rings is 1. The van der Waals surface area contributed by atoms with Crippen LogP contribution in [0.5, 0.6) is 0 Å². The van der Waals surface area contributed by atoms with Gasteiger partial charge in [-0.25, -0.2) is 4.98 Å². The number of carbonyl (C=O) groups excluding carboxylic acids is 2. The predicted molar refractivity (Wildman–Crippen MR) is 146 cm³/mol. The van der Waals surface area contributed by atoms with E-state index in [1.165, 1.54) is 23.1 Å². The Morgan fingerprint density at radius 3 is 2.69 bits per heavy atom. The van der Waals surface area contributed by atoms with Crippen molar-refractivity contribution in [1.29, 1.82) is 0 Å². The van der Waals surface area contributed by atoms with E-state index in [-0.39, 0.29) is 17.9 Å². The van der Waals surface area contributed by atoms with Gasteiger partial charge in [0.1, 0.15) is 0 Å². The third-order valence-electron chi connectivity index (χ3n) is 5.72. The largest absolute Gasteiger partial charge is 0.353 e. The van der Waals surface area contributed by atoms with Crippen molar-refractivity contribution in [3.05, 3.63) is 52.0 Å². The first-order chi connectivity index (χ1) is 16.8. The van der Waals surface area contributed by atoms with Gasteiger partial charge >= 0.3 is 0 Å². The summed E-state index contributed by atoms with van der Waals surface area (Å²) in [5.41, 5.74) is 8.27. The second-order valence-electron chi connectivity index (χ2n) is 8.60. The van der Waals surface area contributed by atoms with Crippen LogP contribution in [-0.4, -0.2) is 52.6 Å². The van der Waals surface area contributed by atoms with Gasteiger partial charge in [0.25, 0.3) is 0 Å². The Balaban J connectivity index is 1.22. The molecule has 35 heavy (non-hydrogen) atoms. The van der Waals surface area contributed by atoms with Crippen molar-refractivity contribution in [2.45, 2.75) is 42.7 Å². The lowest BCUT2D eigenvalue weighted by Gasteiger charge is -2.32. The van der Waals surface area contributed by atoms with E-state index in [4.69, 9.17) is 28.9 Å². The number of aromatic nitrogens is 1. The average Bonchev–Trinajstić information content (AvgIpc) is 3.23. The second kappa shape index (κ2) is 11.9. The molecule has 0 unspecified atom stereocenters. The normalized spacial score (nSPS) is 15.8. The number of piperidine rings is 1. The fraction of sp³-hybridized carbons (Fsp3) is 0.375. The molecule has 7 nitrogen and oxygen atoms in total. The molecule has 0 saturated carbocycles. The Labute approximate surface area is 222 Å². The predicted octanol–water partition coefficient (Wildman–Crippen LogP) is 4.76. The lowest BCUT2D eigenvalue weighted by Crippen LogP contribution is -2.44. The first-order valence-corrected chi connectivity index (χ1v) is 13.9. The molecule has 1 atom stereocenters. The van der Waals surface area contributed by atoms with Crippen LogP contribution in [0.4, 0.5) is 5.69 Å². The van der Waals surface area contributed by atoms with Crippen LogP contribution < -0.4 is 16.4 Å². The first kappa shape index (κ1) is 26.2. The number of benzene rings is 2. The number of amides is 2. The summed E-state index contributed by atoms with van der Waals surface area (Å²) >= 11 is 15.1. The summed E-state index contributed by atoms with van der Waals surface area (Å²) in [6.45, 7) is 4.29. The maximum Gasteiger partial charge on any atom is 0.240 e. The number of carbonyl (C=O) groups is 2. The molecule has 1 aliphatic rings. The highest BCUT2D eigenvalue weighted by Crippen LogP contribution is 2.31. The summed E-state index contributed by atoms with van der Waals surface area (Å²) in [6, 6.07) is 10.9. The SMILES string of the molecule is C[C@H](N)C(=O)Nc1ccc2nc(SCC(=O)NC3CCN(Cc4ccc(Cl)c(Cl)c4)CC3)sc2c1. The second-order valence-corrected chi connectivity index (χ2v) is 11.7. The maximum absolute atomic E-state index is 12.5. The van der Waals surface area contributed by atoms with E-state index in [2.05, 4.69) is 20.5 Å². The van der Waals surface area contributed by atoms with Crippen molar-refractivity contribution in [2.24, 2.45) is 5.73 Å². The lowest BCUT2D eigenvalue weighted by molar-refractivity contribution is -0.119. The van der Waals surface area contributed by atoms with Crippen LogP contribution in [0.25, 0.3) is 10.2 Å². The number of hydrogen-bond acceptors (Lipinski definition) is 7. The molecule has 1 aliphatic heterocycles. The molecule has 11 heteroatoms. The van der Waals surface area contributed by atoms with Crippen molar-refractivity contribution in [2.75, 3.05) is 24.2 Å². The van der Waals surface area contributed by atoms with Crippen LogP contribution in [0, 0.1) is 0 Å². The number of anilines is 1. The molecule has 4 N–H and O–H groups in total. The van der Waals surface area contributed by atoms with Gasteiger partial charge in [-0.15, -0.1) is 11.3 Å². The highest BCUT2D eigenvalue weighted by atomic mass is 35.5.